The lowest BCUT2D eigenvalue weighted by Crippen LogP contribution is -2.32. The summed E-state index contributed by atoms with van der Waals surface area (Å²) < 4.78 is 0.937. The van der Waals surface area contributed by atoms with Gasteiger partial charge in [-0.1, -0.05) is 29.8 Å². The molecule has 3 rings (SSSR count). The van der Waals surface area contributed by atoms with Crippen molar-refractivity contribution in [3.8, 4) is 0 Å². The second-order valence-corrected chi connectivity index (χ2v) is 7.11. The lowest BCUT2D eigenvalue weighted by molar-refractivity contribution is -0.121. The van der Waals surface area contributed by atoms with Crippen LogP contribution in [0.1, 0.15) is 29.8 Å². The van der Waals surface area contributed by atoms with Crippen LogP contribution in [0, 0.1) is 5.92 Å². The zero-order chi connectivity index (χ0) is 17.3. The molecule has 0 radical (unpaired) electrons. The summed E-state index contributed by atoms with van der Waals surface area (Å²) in [6.45, 7) is 4.52. The Balaban J connectivity index is 1.76. The fourth-order valence-electron chi connectivity index (χ4n) is 2.82. The van der Waals surface area contributed by atoms with Gasteiger partial charge in [-0.3, -0.25) is 9.59 Å². The molecular weight excluding hydrogens is 368 g/mol. The number of hydrogen-bond donors (Lipinski definition) is 1. The van der Waals surface area contributed by atoms with Gasteiger partial charge in [0.05, 0.1) is 0 Å². The lowest BCUT2D eigenvalue weighted by Gasteiger charge is -2.19. The number of fused-ring (bicyclic) bond motifs is 1. The smallest absolute Gasteiger partial charge is 0.255 e. The SMILES string of the molecule is CC(C)C(=O)N1CCc2cc(NC(=O)c3ccc(Br)cc3)ccc21. The number of rotatable bonds is 3. The molecule has 0 aromatic heterocycles. The number of hydrogen-bond acceptors (Lipinski definition) is 2. The van der Waals surface area contributed by atoms with Gasteiger partial charge in [0.2, 0.25) is 5.91 Å². The topological polar surface area (TPSA) is 49.4 Å². The van der Waals surface area contributed by atoms with Crippen LogP contribution in [0.2, 0.25) is 0 Å². The maximum atomic E-state index is 12.3. The van der Waals surface area contributed by atoms with Gasteiger partial charge in [-0.15, -0.1) is 0 Å². The van der Waals surface area contributed by atoms with E-state index in [2.05, 4.69) is 21.2 Å². The Labute approximate surface area is 150 Å². The zero-order valence-corrected chi connectivity index (χ0v) is 15.3. The molecule has 1 N–H and O–H groups in total. The molecule has 0 bridgehead atoms. The van der Waals surface area contributed by atoms with Crippen LogP contribution in [0.4, 0.5) is 11.4 Å². The summed E-state index contributed by atoms with van der Waals surface area (Å²) in [5.74, 6) is -0.0244. The molecule has 0 atom stereocenters. The Morgan fingerprint density at radius 2 is 1.83 bits per heavy atom. The second kappa shape index (κ2) is 6.77. The van der Waals surface area contributed by atoms with Crippen LogP contribution < -0.4 is 10.2 Å². The third kappa shape index (κ3) is 3.36. The van der Waals surface area contributed by atoms with Gasteiger partial charge >= 0.3 is 0 Å². The van der Waals surface area contributed by atoms with Crippen molar-refractivity contribution in [1.82, 2.24) is 0 Å². The van der Waals surface area contributed by atoms with Crippen LogP contribution in [-0.2, 0) is 11.2 Å². The van der Waals surface area contributed by atoms with Gasteiger partial charge in [0.1, 0.15) is 0 Å². The predicted octanol–water partition coefficient (Wildman–Crippen LogP) is 4.25. The van der Waals surface area contributed by atoms with Gasteiger partial charge in [0.25, 0.3) is 5.91 Å². The van der Waals surface area contributed by atoms with E-state index in [-0.39, 0.29) is 17.7 Å². The molecule has 0 spiro atoms. The van der Waals surface area contributed by atoms with E-state index in [1.165, 1.54) is 0 Å². The first-order chi connectivity index (χ1) is 11.5. The van der Waals surface area contributed by atoms with Gasteiger partial charge < -0.3 is 10.2 Å². The highest BCUT2D eigenvalue weighted by Crippen LogP contribution is 2.31. The normalized spacial score (nSPS) is 13.1. The lowest BCUT2D eigenvalue weighted by atomic mass is 10.1. The second-order valence-electron chi connectivity index (χ2n) is 6.20. The predicted molar refractivity (Wildman–Crippen MR) is 99.4 cm³/mol. The van der Waals surface area contributed by atoms with Crippen molar-refractivity contribution >= 4 is 39.1 Å². The number of anilines is 2. The number of nitrogens with zero attached hydrogens (tertiary/aromatic N) is 1. The molecule has 0 unspecified atom stereocenters. The van der Waals surface area contributed by atoms with Crippen molar-refractivity contribution in [2.45, 2.75) is 20.3 Å². The molecule has 24 heavy (non-hydrogen) atoms. The van der Waals surface area contributed by atoms with Crippen molar-refractivity contribution in [3.05, 3.63) is 58.1 Å². The Morgan fingerprint density at radius 1 is 1.12 bits per heavy atom. The molecule has 1 heterocycles. The molecule has 2 aromatic carbocycles. The maximum absolute atomic E-state index is 12.3. The van der Waals surface area contributed by atoms with Gasteiger partial charge in [-0.25, -0.2) is 0 Å². The first-order valence-corrected chi connectivity index (χ1v) is 8.76. The summed E-state index contributed by atoms with van der Waals surface area (Å²) in [4.78, 5) is 26.4. The summed E-state index contributed by atoms with van der Waals surface area (Å²) in [7, 11) is 0. The molecule has 4 nitrogen and oxygen atoms in total. The molecule has 0 saturated carbocycles. The fourth-order valence-corrected chi connectivity index (χ4v) is 3.09. The fraction of sp³-hybridized carbons (Fsp3) is 0.263. The highest BCUT2D eigenvalue weighted by Gasteiger charge is 2.26. The van der Waals surface area contributed by atoms with Crippen LogP contribution >= 0.6 is 15.9 Å². The van der Waals surface area contributed by atoms with Gasteiger partial charge in [0.15, 0.2) is 0 Å². The summed E-state index contributed by atoms with van der Waals surface area (Å²) in [5.41, 5.74) is 3.41. The largest absolute Gasteiger partial charge is 0.322 e. The Hall–Kier alpha value is -2.14. The van der Waals surface area contributed by atoms with Gasteiger partial charge in [-0.05, 0) is 54.4 Å². The highest BCUT2D eigenvalue weighted by molar-refractivity contribution is 9.10. The molecule has 2 amide bonds. The van der Waals surface area contributed by atoms with E-state index >= 15 is 0 Å². The van der Waals surface area contributed by atoms with Crippen molar-refractivity contribution < 1.29 is 9.59 Å². The number of carbonyl (C=O) groups is 2. The molecule has 0 aliphatic carbocycles. The molecule has 0 saturated heterocycles. The molecular formula is C19H19BrN2O2. The molecule has 1 aliphatic heterocycles. The third-order valence-corrected chi connectivity index (χ3v) is 4.63. The number of carbonyl (C=O) groups excluding carboxylic acids is 2. The van der Waals surface area contributed by atoms with E-state index in [0.717, 1.165) is 27.8 Å². The minimum Gasteiger partial charge on any atom is -0.322 e. The molecule has 2 aromatic rings. The number of benzene rings is 2. The minimum absolute atomic E-state index is 0.0206. The Kier molecular flexibility index (Phi) is 4.71. The number of halogens is 1. The van der Waals surface area contributed by atoms with E-state index in [1.807, 2.05) is 49.1 Å². The first kappa shape index (κ1) is 16.7. The molecule has 5 heteroatoms. The van der Waals surface area contributed by atoms with Crippen LogP contribution in [0.3, 0.4) is 0 Å². The highest BCUT2D eigenvalue weighted by atomic mass is 79.9. The molecule has 0 fully saturated rings. The van der Waals surface area contributed by atoms with E-state index in [9.17, 15) is 9.59 Å². The van der Waals surface area contributed by atoms with Crippen molar-refractivity contribution in [2.75, 3.05) is 16.8 Å². The maximum Gasteiger partial charge on any atom is 0.255 e. The minimum atomic E-state index is -0.143. The first-order valence-electron chi connectivity index (χ1n) is 7.97. The third-order valence-electron chi connectivity index (χ3n) is 4.10. The quantitative estimate of drug-likeness (QED) is 0.856. The van der Waals surface area contributed by atoms with Crippen molar-refractivity contribution in [1.29, 1.82) is 0 Å². The van der Waals surface area contributed by atoms with Crippen molar-refractivity contribution in [2.24, 2.45) is 5.92 Å². The molecule has 1 aliphatic rings. The van der Waals surface area contributed by atoms with E-state index < -0.39 is 0 Å². The van der Waals surface area contributed by atoms with Crippen LogP contribution in [0.15, 0.2) is 46.9 Å². The summed E-state index contributed by atoms with van der Waals surface area (Å²) >= 11 is 3.36. The van der Waals surface area contributed by atoms with Crippen LogP contribution in [0.5, 0.6) is 0 Å². The Bertz CT molecular complexity index is 784. The zero-order valence-electron chi connectivity index (χ0n) is 13.7. The number of nitrogens with one attached hydrogen (secondary N) is 1. The average Bonchev–Trinajstić information content (AvgIpc) is 2.97. The average molecular weight is 387 g/mol. The Morgan fingerprint density at radius 3 is 2.50 bits per heavy atom. The van der Waals surface area contributed by atoms with E-state index in [0.29, 0.717) is 12.1 Å². The van der Waals surface area contributed by atoms with Crippen LogP contribution in [-0.4, -0.2) is 18.4 Å². The van der Waals surface area contributed by atoms with E-state index in [4.69, 9.17) is 0 Å². The van der Waals surface area contributed by atoms with Gasteiger partial charge in [-0.2, -0.15) is 0 Å². The van der Waals surface area contributed by atoms with E-state index in [1.54, 1.807) is 12.1 Å². The molecule has 124 valence electrons. The van der Waals surface area contributed by atoms with Crippen molar-refractivity contribution in [3.63, 3.8) is 0 Å². The number of amides is 2. The standard InChI is InChI=1S/C19H19BrN2O2/c1-12(2)19(24)22-10-9-14-11-16(7-8-17(14)22)21-18(23)13-3-5-15(20)6-4-13/h3-8,11-12H,9-10H2,1-2H3,(H,21,23). The summed E-state index contributed by atoms with van der Waals surface area (Å²) in [6.07, 6.45) is 0.815. The summed E-state index contributed by atoms with van der Waals surface area (Å²) in [6, 6.07) is 13.0. The van der Waals surface area contributed by atoms with Crippen LogP contribution in [0.25, 0.3) is 0 Å². The van der Waals surface area contributed by atoms with Gasteiger partial charge in [0, 0.05) is 33.9 Å². The monoisotopic (exact) mass is 386 g/mol. The summed E-state index contributed by atoms with van der Waals surface area (Å²) in [5, 5.41) is 2.92.